The lowest BCUT2D eigenvalue weighted by atomic mass is 10.1. The molecule has 78 valence electrons. The number of hydrogen-bond acceptors (Lipinski definition) is 2. The van der Waals surface area contributed by atoms with Crippen LogP contribution in [0.2, 0.25) is 0 Å². The minimum absolute atomic E-state index is 0.233. The molecule has 1 aromatic carbocycles. The molecule has 0 fully saturated rings. The number of aromatic nitrogens is 1. The molecule has 0 spiro atoms. The maximum Gasteiger partial charge on any atom is 0.0715 e. The maximum absolute atomic E-state index is 10.7. The molecule has 15 heavy (non-hydrogen) atoms. The number of aromatic amines is 1. The molecule has 2 aromatic rings. The van der Waals surface area contributed by atoms with Crippen molar-refractivity contribution in [3.63, 3.8) is 0 Å². The van der Waals surface area contributed by atoms with Crippen molar-refractivity contribution in [2.75, 3.05) is 0 Å². The number of carboxylic acids is 1. The average molecular weight is 202 g/mol. The number of benzene rings is 1. The number of nitrogens with one attached hydrogen (secondary N) is 1. The molecule has 3 heteroatoms. The molecule has 0 amide bonds. The van der Waals surface area contributed by atoms with Gasteiger partial charge in [-0.15, -0.1) is 0 Å². The predicted octanol–water partition coefficient (Wildman–Crippen LogP) is 1.40. The van der Waals surface area contributed by atoms with Crippen LogP contribution in [0.15, 0.2) is 18.2 Å². The van der Waals surface area contributed by atoms with E-state index in [1.165, 1.54) is 5.56 Å². The number of rotatable bonds is 2. The van der Waals surface area contributed by atoms with E-state index in [0.29, 0.717) is 0 Å². The Hall–Kier alpha value is -1.77. The average Bonchev–Trinajstić information content (AvgIpc) is 2.51. The van der Waals surface area contributed by atoms with Crippen molar-refractivity contribution in [1.82, 2.24) is 4.98 Å². The summed E-state index contributed by atoms with van der Waals surface area (Å²) in [5.74, 6) is -1.13. The summed E-state index contributed by atoms with van der Waals surface area (Å²) in [6, 6.07) is 5.02. The van der Waals surface area contributed by atoms with E-state index in [9.17, 15) is 9.90 Å². The summed E-state index contributed by atoms with van der Waals surface area (Å²) in [7, 11) is 0. The molecule has 0 aliphatic carbocycles. The summed E-state index contributed by atoms with van der Waals surface area (Å²) >= 11 is 0. The fourth-order valence-electron chi connectivity index (χ4n) is 1.96. The van der Waals surface area contributed by atoms with Crippen LogP contribution < -0.4 is 5.11 Å². The van der Waals surface area contributed by atoms with Gasteiger partial charge in [-0.3, -0.25) is 0 Å². The van der Waals surface area contributed by atoms with Gasteiger partial charge < -0.3 is 14.9 Å². The van der Waals surface area contributed by atoms with Crippen molar-refractivity contribution in [3.05, 3.63) is 35.0 Å². The fraction of sp³-hybridized carbons (Fsp3) is 0.250. The van der Waals surface area contributed by atoms with E-state index < -0.39 is 5.97 Å². The highest BCUT2D eigenvalue weighted by Crippen LogP contribution is 2.23. The van der Waals surface area contributed by atoms with Crippen LogP contribution in [0.1, 0.15) is 28.5 Å². The lowest BCUT2D eigenvalue weighted by molar-refractivity contribution is -0.255. The van der Waals surface area contributed by atoms with Gasteiger partial charge in [0.05, 0.1) is 5.97 Å². The molecule has 1 N–H and O–H groups in total. The van der Waals surface area contributed by atoms with Crippen molar-refractivity contribution >= 4 is 16.9 Å². The number of carbonyl (C=O) groups is 1. The van der Waals surface area contributed by atoms with E-state index >= 15 is 0 Å². The van der Waals surface area contributed by atoms with Crippen LogP contribution in [0.25, 0.3) is 10.9 Å². The van der Waals surface area contributed by atoms with Gasteiger partial charge in [-0.2, -0.15) is 0 Å². The third kappa shape index (κ3) is 1.50. The first-order chi connectivity index (χ1) is 7.13. The quantitative estimate of drug-likeness (QED) is 0.800. The van der Waals surface area contributed by atoms with Crippen molar-refractivity contribution in [2.45, 2.75) is 20.3 Å². The number of carboxylic acid groups (broad SMARTS) is 1. The Labute approximate surface area is 87.7 Å². The molecule has 0 radical (unpaired) electrons. The Morgan fingerprint density at radius 2 is 2.20 bits per heavy atom. The van der Waals surface area contributed by atoms with E-state index in [1.807, 2.05) is 6.92 Å². The predicted molar refractivity (Wildman–Crippen MR) is 56.7 cm³/mol. The van der Waals surface area contributed by atoms with Crippen molar-refractivity contribution in [2.24, 2.45) is 0 Å². The van der Waals surface area contributed by atoms with Crippen LogP contribution >= 0.6 is 0 Å². The molecular weight excluding hydrogens is 190 g/mol. The standard InChI is InChI=1S/C12H13NO2/c1-3-9-7(2)13-11-5-4-8(12(14)15)6-10(9)11/h4-6,13H,3H2,1-2H3,(H,14,15)/p-1. The molecule has 0 atom stereocenters. The highest BCUT2D eigenvalue weighted by Gasteiger charge is 2.07. The van der Waals surface area contributed by atoms with Gasteiger partial charge in [0.1, 0.15) is 0 Å². The molecule has 0 aliphatic heterocycles. The second-order valence-corrected chi connectivity index (χ2v) is 3.63. The van der Waals surface area contributed by atoms with Crippen LogP contribution in [0.4, 0.5) is 0 Å². The number of carbonyl (C=O) groups excluding carboxylic acids is 1. The van der Waals surface area contributed by atoms with Gasteiger partial charge in [0.15, 0.2) is 0 Å². The molecule has 0 aliphatic rings. The normalized spacial score (nSPS) is 10.8. The second-order valence-electron chi connectivity index (χ2n) is 3.63. The molecule has 0 saturated carbocycles. The Balaban J connectivity index is 2.73. The van der Waals surface area contributed by atoms with Gasteiger partial charge in [-0.05, 0) is 36.6 Å². The van der Waals surface area contributed by atoms with Gasteiger partial charge in [-0.25, -0.2) is 0 Å². The van der Waals surface area contributed by atoms with Crippen molar-refractivity contribution < 1.29 is 9.90 Å². The zero-order chi connectivity index (χ0) is 11.0. The summed E-state index contributed by atoms with van der Waals surface area (Å²) in [6.07, 6.45) is 0.891. The number of aryl methyl sites for hydroxylation is 2. The first-order valence-electron chi connectivity index (χ1n) is 4.96. The van der Waals surface area contributed by atoms with E-state index in [4.69, 9.17) is 0 Å². The number of aromatic carboxylic acids is 1. The zero-order valence-corrected chi connectivity index (χ0v) is 8.76. The van der Waals surface area contributed by atoms with Crippen LogP contribution in [0, 0.1) is 6.92 Å². The first-order valence-corrected chi connectivity index (χ1v) is 4.96. The van der Waals surface area contributed by atoms with E-state index in [0.717, 1.165) is 23.0 Å². The molecule has 0 unspecified atom stereocenters. The molecule has 2 rings (SSSR count). The van der Waals surface area contributed by atoms with Crippen LogP contribution in [0.5, 0.6) is 0 Å². The lowest BCUT2D eigenvalue weighted by Crippen LogP contribution is -2.21. The highest BCUT2D eigenvalue weighted by atomic mass is 16.4. The van der Waals surface area contributed by atoms with Gasteiger partial charge >= 0.3 is 0 Å². The molecule has 0 saturated heterocycles. The Bertz CT molecular complexity index is 526. The van der Waals surface area contributed by atoms with E-state index in [1.54, 1.807) is 18.2 Å². The summed E-state index contributed by atoms with van der Waals surface area (Å²) in [4.78, 5) is 14.0. The molecule has 1 aromatic heterocycles. The van der Waals surface area contributed by atoms with Gasteiger partial charge in [0.25, 0.3) is 0 Å². The van der Waals surface area contributed by atoms with Crippen LogP contribution in [-0.2, 0) is 6.42 Å². The topological polar surface area (TPSA) is 55.9 Å². The summed E-state index contributed by atoms with van der Waals surface area (Å²) < 4.78 is 0. The zero-order valence-electron chi connectivity index (χ0n) is 8.76. The SMILES string of the molecule is CCc1c(C)[nH]c2ccc(C(=O)[O-])cc12. The monoisotopic (exact) mass is 202 g/mol. The minimum atomic E-state index is -1.13. The van der Waals surface area contributed by atoms with E-state index in [2.05, 4.69) is 11.9 Å². The number of hydrogen-bond donors (Lipinski definition) is 1. The van der Waals surface area contributed by atoms with Gasteiger partial charge in [0.2, 0.25) is 0 Å². The van der Waals surface area contributed by atoms with Crippen molar-refractivity contribution in [1.29, 1.82) is 0 Å². The smallest absolute Gasteiger partial charge is 0.0715 e. The lowest BCUT2D eigenvalue weighted by Gasteiger charge is -2.02. The molecular formula is C12H12NO2-. The first kappa shape index (κ1) is 9.77. The molecule has 3 nitrogen and oxygen atoms in total. The third-order valence-electron chi connectivity index (χ3n) is 2.71. The van der Waals surface area contributed by atoms with Crippen LogP contribution in [-0.4, -0.2) is 11.0 Å². The summed E-state index contributed by atoms with van der Waals surface area (Å²) in [6.45, 7) is 4.05. The van der Waals surface area contributed by atoms with Crippen molar-refractivity contribution in [3.8, 4) is 0 Å². The van der Waals surface area contributed by atoms with Gasteiger partial charge in [0, 0.05) is 16.6 Å². The Kier molecular flexibility index (Phi) is 2.23. The number of H-pyrrole nitrogens is 1. The van der Waals surface area contributed by atoms with E-state index in [-0.39, 0.29) is 5.56 Å². The number of fused-ring (bicyclic) bond motifs is 1. The van der Waals surface area contributed by atoms with Gasteiger partial charge in [-0.1, -0.05) is 13.0 Å². The third-order valence-corrected chi connectivity index (χ3v) is 2.71. The fourth-order valence-corrected chi connectivity index (χ4v) is 1.96. The Morgan fingerprint density at radius 1 is 1.47 bits per heavy atom. The maximum atomic E-state index is 10.7. The largest absolute Gasteiger partial charge is 0.545 e. The molecule has 0 bridgehead atoms. The second kappa shape index (κ2) is 3.42. The van der Waals surface area contributed by atoms with Crippen LogP contribution in [0.3, 0.4) is 0 Å². The highest BCUT2D eigenvalue weighted by molar-refractivity contribution is 5.94. The summed E-state index contributed by atoms with van der Waals surface area (Å²) in [5.41, 5.74) is 3.49. The minimum Gasteiger partial charge on any atom is -0.545 e. The Morgan fingerprint density at radius 3 is 2.80 bits per heavy atom. The summed E-state index contributed by atoms with van der Waals surface area (Å²) in [5, 5.41) is 11.7. The molecule has 1 heterocycles.